The van der Waals surface area contributed by atoms with Crippen LogP contribution in [0, 0.1) is 0 Å². The Bertz CT molecular complexity index is 250. The fraction of sp³-hybridized carbons (Fsp3) is 0.250. The second kappa shape index (κ2) is 3.49. The first-order chi connectivity index (χ1) is 5.27. The topological polar surface area (TPSA) is 35.2 Å². The molecule has 0 amide bonds. The van der Waals surface area contributed by atoms with E-state index in [1.165, 1.54) is 0 Å². The van der Waals surface area contributed by atoms with E-state index in [2.05, 4.69) is 0 Å². The van der Waals surface area contributed by atoms with Gasteiger partial charge in [0.05, 0.1) is 7.11 Å². The average molecular weight is 172 g/mol. The normalized spacial score (nSPS) is 9.64. The fourth-order valence-electron chi connectivity index (χ4n) is 0.825. The molecule has 0 bridgehead atoms. The highest BCUT2D eigenvalue weighted by atomic mass is 35.5. The Morgan fingerprint density at radius 2 is 2.27 bits per heavy atom. The molecule has 0 fully saturated rings. The van der Waals surface area contributed by atoms with E-state index < -0.39 is 0 Å². The Morgan fingerprint density at radius 3 is 2.82 bits per heavy atom. The van der Waals surface area contributed by atoms with Crippen LogP contribution in [0.15, 0.2) is 18.2 Å². The second-order valence-corrected chi connectivity index (χ2v) is 2.47. The minimum atomic E-state index is 0.420. The van der Waals surface area contributed by atoms with Crippen molar-refractivity contribution in [2.75, 3.05) is 12.8 Å². The summed E-state index contributed by atoms with van der Waals surface area (Å²) in [4.78, 5) is 0. The second-order valence-electron chi connectivity index (χ2n) is 2.20. The molecular weight excluding hydrogens is 162 g/mol. The number of alkyl halides is 1. The molecule has 2 N–H and O–H groups in total. The highest BCUT2D eigenvalue weighted by Gasteiger charge is 1.98. The van der Waals surface area contributed by atoms with Crippen LogP contribution in [0.1, 0.15) is 5.56 Å². The molecule has 1 aromatic carbocycles. The van der Waals surface area contributed by atoms with Crippen molar-refractivity contribution in [3.63, 3.8) is 0 Å². The molecule has 0 aliphatic heterocycles. The van der Waals surface area contributed by atoms with Crippen LogP contribution in [0.4, 0.5) is 5.69 Å². The van der Waals surface area contributed by atoms with E-state index >= 15 is 0 Å². The Hall–Kier alpha value is -0.890. The molecule has 1 rings (SSSR count). The van der Waals surface area contributed by atoms with Gasteiger partial charge in [-0.2, -0.15) is 0 Å². The lowest BCUT2D eigenvalue weighted by Gasteiger charge is -2.04. The molecule has 60 valence electrons. The molecule has 0 spiro atoms. The summed E-state index contributed by atoms with van der Waals surface area (Å²) in [7, 11) is 1.61. The molecule has 0 heterocycles. The zero-order valence-electron chi connectivity index (χ0n) is 6.30. The number of benzene rings is 1. The minimum Gasteiger partial charge on any atom is -0.497 e. The van der Waals surface area contributed by atoms with Crippen LogP contribution in [0.25, 0.3) is 0 Å². The third-order valence-corrected chi connectivity index (χ3v) is 1.78. The van der Waals surface area contributed by atoms with Crippen LogP contribution in [0.3, 0.4) is 0 Å². The van der Waals surface area contributed by atoms with Crippen LogP contribution in [-0.4, -0.2) is 7.11 Å². The zero-order chi connectivity index (χ0) is 8.27. The molecule has 0 aromatic heterocycles. The SMILES string of the molecule is COc1ccc(N)c(CCl)c1. The maximum atomic E-state index is 5.63. The van der Waals surface area contributed by atoms with Crippen molar-refractivity contribution in [2.24, 2.45) is 0 Å². The van der Waals surface area contributed by atoms with Gasteiger partial charge in [0.2, 0.25) is 0 Å². The Morgan fingerprint density at radius 1 is 1.55 bits per heavy atom. The monoisotopic (exact) mass is 171 g/mol. The largest absolute Gasteiger partial charge is 0.497 e. The van der Waals surface area contributed by atoms with Gasteiger partial charge in [0, 0.05) is 11.6 Å². The van der Waals surface area contributed by atoms with Gasteiger partial charge in [-0.1, -0.05) is 0 Å². The van der Waals surface area contributed by atoms with Crippen molar-refractivity contribution in [3.8, 4) is 5.75 Å². The summed E-state index contributed by atoms with van der Waals surface area (Å²) >= 11 is 5.63. The van der Waals surface area contributed by atoms with Crippen molar-refractivity contribution in [3.05, 3.63) is 23.8 Å². The maximum absolute atomic E-state index is 5.63. The first-order valence-corrected chi connectivity index (χ1v) is 3.79. The lowest BCUT2D eigenvalue weighted by molar-refractivity contribution is 0.414. The highest BCUT2D eigenvalue weighted by molar-refractivity contribution is 6.17. The summed E-state index contributed by atoms with van der Waals surface area (Å²) in [6, 6.07) is 5.43. The summed E-state index contributed by atoms with van der Waals surface area (Å²) in [5.74, 6) is 1.21. The van der Waals surface area contributed by atoms with Crippen LogP contribution < -0.4 is 10.5 Å². The van der Waals surface area contributed by atoms with Crippen molar-refractivity contribution < 1.29 is 4.74 Å². The minimum absolute atomic E-state index is 0.420. The van der Waals surface area contributed by atoms with E-state index in [9.17, 15) is 0 Å². The Labute approximate surface area is 70.9 Å². The van der Waals surface area contributed by atoms with Gasteiger partial charge in [0.25, 0.3) is 0 Å². The van der Waals surface area contributed by atoms with E-state index in [0.29, 0.717) is 11.6 Å². The number of hydrogen-bond acceptors (Lipinski definition) is 2. The molecular formula is C8H10ClNO. The fourth-order valence-corrected chi connectivity index (χ4v) is 1.06. The van der Waals surface area contributed by atoms with Gasteiger partial charge >= 0.3 is 0 Å². The van der Waals surface area contributed by atoms with Gasteiger partial charge in [0.1, 0.15) is 5.75 Å². The number of halogens is 1. The zero-order valence-corrected chi connectivity index (χ0v) is 7.06. The predicted molar refractivity (Wildman–Crippen MR) is 47.0 cm³/mol. The molecule has 3 heteroatoms. The maximum Gasteiger partial charge on any atom is 0.119 e. The molecule has 0 saturated carbocycles. The molecule has 11 heavy (non-hydrogen) atoms. The van der Waals surface area contributed by atoms with Crippen LogP contribution >= 0.6 is 11.6 Å². The van der Waals surface area contributed by atoms with Crippen LogP contribution in [-0.2, 0) is 5.88 Å². The molecule has 0 saturated heterocycles. The van der Waals surface area contributed by atoms with Gasteiger partial charge in [-0.15, -0.1) is 11.6 Å². The number of hydrogen-bond donors (Lipinski definition) is 1. The lowest BCUT2D eigenvalue weighted by atomic mass is 10.2. The summed E-state index contributed by atoms with van der Waals surface area (Å²) in [5, 5.41) is 0. The smallest absolute Gasteiger partial charge is 0.119 e. The lowest BCUT2D eigenvalue weighted by Crippen LogP contribution is -1.92. The molecule has 0 radical (unpaired) electrons. The number of ether oxygens (including phenoxy) is 1. The third kappa shape index (κ3) is 1.77. The van der Waals surface area contributed by atoms with Crippen molar-refractivity contribution in [1.29, 1.82) is 0 Å². The van der Waals surface area contributed by atoms with Crippen molar-refractivity contribution in [2.45, 2.75) is 5.88 Å². The van der Waals surface area contributed by atoms with Gasteiger partial charge in [-0.3, -0.25) is 0 Å². The number of nitrogen functional groups attached to an aromatic ring is 1. The summed E-state index contributed by atoms with van der Waals surface area (Å²) in [6.07, 6.45) is 0. The van der Waals surface area contributed by atoms with Gasteiger partial charge in [-0.25, -0.2) is 0 Å². The van der Waals surface area contributed by atoms with E-state index in [-0.39, 0.29) is 0 Å². The van der Waals surface area contributed by atoms with Crippen LogP contribution in [0.5, 0.6) is 5.75 Å². The third-order valence-electron chi connectivity index (χ3n) is 1.49. The number of rotatable bonds is 2. The number of anilines is 1. The summed E-state index contributed by atoms with van der Waals surface area (Å²) in [5.41, 5.74) is 7.23. The Kier molecular flexibility index (Phi) is 2.60. The van der Waals surface area contributed by atoms with E-state index in [4.69, 9.17) is 22.1 Å². The quantitative estimate of drug-likeness (QED) is 0.546. The first kappa shape index (κ1) is 8.21. The van der Waals surface area contributed by atoms with Crippen molar-refractivity contribution in [1.82, 2.24) is 0 Å². The first-order valence-electron chi connectivity index (χ1n) is 3.26. The average Bonchev–Trinajstić information content (AvgIpc) is 2.05. The summed E-state index contributed by atoms with van der Waals surface area (Å²) in [6.45, 7) is 0. The molecule has 1 aromatic rings. The molecule has 0 unspecified atom stereocenters. The van der Waals surface area contributed by atoms with Gasteiger partial charge in [-0.05, 0) is 23.8 Å². The number of nitrogens with two attached hydrogens (primary N) is 1. The van der Waals surface area contributed by atoms with Gasteiger partial charge < -0.3 is 10.5 Å². The van der Waals surface area contributed by atoms with E-state index in [1.54, 1.807) is 13.2 Å². The highest BCUT2D eigenvalue weighted by Crippen LogP contribution is 2.20. The number of methoxy groups -OCH3 is 1. The van der Waals surface area contributed by atoms with E-state index in [0.717, 1.165) is 11.3 Å². The predicted octanol–water partition coefficient (Wildman–Crippen LogP) is 2.02. The van der Waals surface area contributed by atoms with E-state index in [1.807, 2.05) is 12.1 Å². The molecule has 0 atom stereocenters. The molecule has 0 aliphatic rings. The van der Waals surface area contributed by atoms with Gasteiger partial charge in [0.15, 0.2) is 0 Å². The standard InChI is InChI=1S/C8H10ClNO/c1-11-7-2-3-8(10)6(4-7)5-9/h2-4H,5,10H2,1H3. The molecule has 0 aliphatic carbocycles. The summed E-state index contributed by atoms with van der Waals surface area (Å²) < 4.78 is 5.00. The Balaban J connectivity index is 3.02. The van der Waals surface area contributed by atoms with Crippen molar-refractivity contribution >= 4 is 17.3 Å². The molecule has 2 nitrogen and oxygen atoms in total. The van der Waals surface area contributed by atoms with Crippen LogP contribution in [0.2, 0.25) is 0 Å².